The molecule has 0 atom stereocenters. The SMILES string of the molecule is Cc1sc(NC(=O)C=Cc2cccc(Cl)c2)c(C(=O)OC(C)C)c1C. The van der Waals surface area contributed by atoms with Crippen LogP contribution in [0.25, 0.3) is 6.08 Å². The van der Waals surface area contributed by atoms with E-state index in [4.69, 9.17) is 16.3 Å². The molecule has 0 aliphatic heterocycles. The topological polar surface area (TPSA) is 55.4 Å². The smallest absolute Gasteiger partial charge is 0.341 e. The highest BCUT2D eigenvalue weighted by atomic mass is 35.5. The van der Waals surface area contributed by atoms with Crippen LogP contribution in [0.3, 0.4) is 0 Å². The van der Waals surface area contributed by atoms with Crippen molar-refractivity contribution in [3.05, 3.63) is 56.9 Å². The van der Waals surface area contributed by atoms with Gasteiger partial charge in [0.15, 0.2) is 0 Å². The maximum Gasteiger partial charge on any atom is 0.341 e. The zero-order valence-electron chi connectivity index (χ0n) is 14.6. The second-order valence-electron chi connectivity index (χ2n) is 5.82. The van der Waals surface area contributed by atoms with E-state index in [2.05, 4.69) is 5.32 Å². The number of carbonyl (C=O) groups excluding carboxylic acids is 2. The van der Waals surface area contributed by atoms with Gasteiger partial charge in [0.2, 0.25) is 5.91 Å². The van der Waals surface area contributed by atoms with Crippen LogP contribution in [0.5, 0.6) is 0 Å². The Balaban J connectivity index is 2.18. The van der Waals surface area contributed by atoms with Crippen LogP contribution in [-0.2, 0) is 9.53 Å². The van der Waals surface area contributed by atoms with Crippen LogP contribution >= 0.6 is 22.9 Å². The molecule has 1 heterocycles. The van der Waals surface area contributed by atoms with E-state index in [1.54, 1.807) is 32.1 Å². The molecule has 0 spiro atoms. The molecule has 25 heavy (non-hydrogen) atoms. The minimum Gasteiger partial charge on any atom is -0.459 e. The number of amides is 1. The summed E-state index contributed by atoms with van der Waals surface area (Å²) in [6.07, 6.45) is 2.85. The van der Waals surface area contributed by atoms with Crippen molar-refractivity contribution in [1.82, 2.24) is 0 Å². The Labute approximate surface area is 156 Å². The first-order valence-corrected chi connectivity index (χ1v) is 9.03. The first-order valence-electron chi connectivity index (χ1n) is 7.83. The summed E-state index contributed by atoms with van der Waals surface area (Å²) in [5.41, 5.74) is 2.06. The number of hydrogen-bond acceptors (Lipinski definition) is 4. The first-order chi connectivity index (χ1) is 11.8. The van der Waals surface area contributed by atoms with Gasteiger partial charge < -0.3 is 10.1 Å². The largest absolute Gasteiger partial charge is 0.459 e. The highest BCUT2D eigenvalue weighted by Gasteiger charge is 2.22. The molecular formula is C19H20ClNO3S. The third kappa shape index (κ3) is 5.18. The fourth-order valence-electron chi connectivity index (χ4n) is 2.17. The van der Waals surface area contributed by atoms with Crippen molar-refractivity contribution >= 4 is 45.9 Å². The number of benzene rings is 1. The van der Waals surface area contributed by atoms with Gasteiger partial charge in [0.1, 0.15) is 5.00 Å². The van der Waals surface area contributed by atoms with Crippen molar-refractivity contribution in [2.45, 2.75) is 33.8 Å². The molecule has 132 valence electrons. The summed E-state index contributed by atoms with van der Waals surface area (Å²) < 4.78 is 5.28. The fourth-order valence-corrected chi connectivity index (χ4v) is 3.42. The Bertz CT molecular complexity index is 824. The monoisotopic (exact) mass is 377 g/mol. The highest BCUT2D eigenvalue weighted by Crippen LogP contribution is 2.33. The molecule has 6 heteroatoms. The lowest BCUT2D eigenvalue weighted by atomic mass is 10.1. The van der Waals surface area contributed by atoms with Crippen molar-refractivity contribution < 1.29 is 14.3 Å². The highest BCUT2D eigenvalue weighted by molar-refractivity contribution is 7.16. The average molecular weight is 378 g/mol. The van der Waals surface area contributed by atoms with Crippen LogP contribution in [0.1, 0.15) is 40.2 Å². The van der Waals surface area contributed by atoms with Crippen LogP contribution in [0.2, 0.25) is 5.02 Å². The van der Waals surface area contributed by atoms with Crippen LogP contribution in [-0.4, -0.2) is 18.0 Å². The second kappa shape index (κ2) is 8.32. The minimum absolute atomic E-state index is 0.224. The molecule has 0 aliphatic carbocycles. The van der Waals surface area contributed by atoms with E-state index in [-0.39, 0.29) is 12.0 Å². The number of hydrogen-bond donors (Lipinski definition) is 1. The molecule has 4 nitrogen and oxygen atoms in total. The summed E-state index contributed by atoms with van der Waals surface area (Å²) in [4.78, 5) is 25.5. The van der Waals surface area contributed by atoms with Gasteiger partial charge >= 0.3 is 5.97 Å². The van der Waals surface area contributed by atoms with Crippen LogP contribution in [0.15, 0.2) is 30.3 Å². The second-order valence-corrected chi connectivity index (χ2v) is 7.48. The van der Waals surface area contributed by atoms with E-state index >= 15 is 0 Å². The number of halogens is 1. The lowest BCUT2D eigenvalue weighted by Gasteiger charge is -2.09. The summed E-state index contributed by atoms with van der Waals surface area (Å²) >= 11 is 7.28. The molecular weight excluding hydrogens is 358 g/mol. The Morgan fingerprint density at radius 1 is 1.28 bits per heavy atom. The van der Waals surface area contributed by atoms with Crippen molar-refractivity contribution in [3.63, 3.8) is 0 Å². The summed E-state index contributed by atoms with van der Waals surface area (Å²) in [6.45, 7) is 7.33. The number of rotatable bonds is 5. The van der Waals surface area contributed by atoms with Gasteiger partial charge in [-0.2, -0.15) is 0 Å². The molecule has 2 rings (SSSR count). The molecule has 0 bridgehead atoms. The maximum absolute atomic E-state index is 12.3. The predicted molar refractivity (Wildman–Crippen MR) is 103 cm³/mol. The maximum atomic E-state index is 12.3. The first kappa shape index (κ1) is 19.2. The third-order valence-corrected chi connectivity index (χ3v) is 4.80. The molecule has 0 radical (unpaired) electrons. The number of nitrogens with one attached hydrogen (secondary N) is 1. The predicted octanol–water partition coefficient (Wildman–Crippen LogP) is 5.24. The number of thiophene rings is 1. The normalized spacial score (nSPS) is 11.1. The summed E-state index contributed by atoms with van der Waals surface area (Å²) in [6, 6.07) is 7.19. The van der Waals surface area contributed by atoms with Gasteiger partial charge in [-0.3, -0.25) is 4.79 Å². The molecule has 2 aromatic rings. The van der Waals surface area contributed by atoms with Gasteiger partial charge in [-0.15, -0.1) is 11.3 Å². The summed E-state index contributed by atoms with van der Waals surface area (Å²) in [5.74, 6) is -0.745. The Hall–Kier alpha value is -2.11. The fraction of sp³-hybridized carbons (Fsp3) is 0.263. The van der Waals surface area contributed by atoms with E-state index in [0.29, 0.717) is 15.6 Å². The number of carbonyl (C=O) groups is 2. The zero-order valence-corrected chi connectivity index (χ0v) is 16.1. The van der Waals surface area contributed by atoms with Crippen LogP contribution < -0.4 is 5.32 Å². The zero-order chi connectivity index (χ0) is 18.6. The Kier molecular flexibility index (Phi) is 6.39. The van der Waals surface area contributed by atoms with E-state index < -0.39 is 5.97 Å². The number of esters is 1. The quantitative estimate of drug-likeness (QED) is 0.573. The minimum atomic E-state index is -0.425. The number of ether oxygens (including phenoxy) is 1. The van der Waals surface area contributed by atoms with Gasteiger partial charge in [0.25, 0.3) is 0 Å². The van der Waals surface area contributed by atoms with Crippen LogP contribution in [0.4, 0.5) is 5.00 Å². The van der Waals surface area contributed by atoms with Crippen molar-refractivity contribution in [3.8, 4) is 0 Å². The van der Waals surface area contributed by atoms with Crippen LogP contribution in [0, 0.1) is 13.8 Å². The van der Waals surface area contributed by atoms with Gasteiger partial charge in [0.05, 0.1) is 11.7 Å². The molecule has 0 saturated carbocycles. The Morgan fingerprint density at radius 3 is 2.64 bits per heavy atom. The van der Waals surface area contributed by atoms with E-state index in [1.165, 1.54) is 17.4 Å². The van der Waals surface area contributed by atoms with Gasteiger partial charge in [-0.05, 0) is 57.0 Å². The van der Waals surface area contributed by atoms with Crippen molar-refractivity contribution in [2.75, 3.05) is 5.32 Å². The molecule has 0 fully saturated rings. The summed E-state index contributed by atoms with van der Waals surface area (Å²) in [7, 11) is 0. The molecule has 0 saturated heterocycles. The summed E-state index contributed by atoms with van der Waals surface area (Å²) in [5, 5.41) is 3.87. The van der Waals surface area contributed by atoms with E-state index in [1.807, 2.05) is 26.0 Å². The van der Waals surface area contributed by atoms with E-state index in [9.17, 15) is 9.59 Å². The number of aryl methyl sites for hydroxylation is 1. The molecule has 0 unspecified atom stereocenters. The lowest BCUT2D eigenvalue weighted by molar-refractivity contribution is -0.111. The standard InChI is InChI=1S/C19H20ClNO3S/c1-11(2)24-19(23)17-12(3)13(4)25-18(17)21-16(22)9-8-14-6-5-7-15(20)10-14/h5-11H,1-4H3,(H,21,22). The van der Waals surface area contributed by atoms with Gasteiger partial charge in [-0.1, -0.05) is 23.7 Å². The molecule has 0 aliphatic rings. The average Bonchev–Trinajstić information content (AvgIpc) is 2.79. The Morgan fingerprint density at radius 2 is 2.00 bits per heavy atom. The van der Waals surface area contributed by atoms with Gasteiger partial charge in [0, 0.05) is 16.0 Å². The molecule has 1 aromatic heterocycles. The van der Waals surface area contributed by atoms with Crippen molar-refractivity contribution in [1.29, 1.82) is 0 Å². The molecule has 1 amide bonds. The van der Waals surface area contributed by atoms with E-state index in [0.717, 1.165) is 16.0 Å². The molecule has 1 N–H and O–H groups in total. The lowest BCUT2D eigenvalue weighted by Crippen LogP contribution is -2.15. The molecule has 1 aromatic carbocycles. The van der Waals surface area contributed by atoms with Crippen molar-refractivity contribution in [2.24, 2.45) is 0 Å². The van der Waals surface area contributed by atoms with Gasteiger partial charge in [-0.25, -0.2) is 4.79 Å². The number of anilines is 1. The third-order valence-electron chi connectivity index (χ3n) is 3.44.